The number of benzene rings is 3. The van der Waals surface area contributed by atoms with Gasteiger partial charge in [-0.25, -0.2) is 4.39 Å². The first kappa shape index (κ1) is 17.2. The summed E-state index contributed by atoms with van der Waals surface area (Å²) in [5.74, 6) is -0.236. The van der Waals surface area contributed by atoms with Crippen LogP contribution in [-0.4, -0.2) is 6.54 Å². The van der Waals surface area contributed by atoms with Gasteiger partial charge < -0.3 is 5.32 Å². The van der Waals surface area contributed by atoms with Crippen molar-refractivity contribution in [2.24, 2.45) is 0 Å². The Kier molecular flexibility index (Phi) is 5.00. The van der Waals surface area contributed by atoms with Crippen molar-refractivity contribution in [3.05, 3.63) is 99.6 Å². The largest absolute Gasteiger partial charge is 0.384 e. The lowest BCUT2D eigenvalue weighted by atomic mass is 10.1. The summed E-state index contributed by atoms with van der Waals surface area (Å²) in [6.45, 7) is 0.741. The maximum absolute atomic E-state index is 14.4. The molecule has 3 aromatic carbocycles. The number of hydrogen-bond acceptors (Lipinski definition) is 2. The molecule has 0 amide bonds. The minimum absolute atomic E-state index is 0.236. The van der Waals surface area contributed by atoms with Gasteiger partial charge in [-0.3, -0.25) is 0 Å². The zero-order valence-electron chi connectivity index (χ0n) is 14.0. The summed E-state index contributed by atoms with van der Waals surface area (Å²) >= 11 is 8.03. The van der Waals surface area contributed by atoms with Crippen molar-refractivity contribution in [1.29, 1.82) is 0 Å². The smallest absolute Gasteiger partial charge is 0.132 e. The molecule has 0 bridgehead atoms. The van der Waals surface area contributed by atoms with Gasteiger partial charge in [0.05, 0.1) is 5.70 Å². The van der Waals surface area contributed by atoms with Crippen LogP contribution in [0.15, 0.2) is 77.7 Å². The molecule has 3 aromatic rings. The third-order valence-corrected chi connectivity index (χ3v) is 5.75. The van der Waals surface area contributed by atoms with Gasteiger partial charge in [-0.15, -0.1) is 0 Å². The number of rotatable bonds is 3. The molecule has 0 atom stereocenters. The topological polar surface area (TPSA) is 12.0 Å². The third kappa shape index (κ3) is 3.50. The molecule has 0 aromatic heterocycles. The zero-order chi connectivity index (χ0) is 17.9. The highest BCUT2D eigenvalue weighted by atomic mass is 35.5. The molecule has 26 heavy (non-hydrogen) atoms. The maximum atomic E-state index is 14.4. The van der Waals surface area contributed by atoms with E-state index in [1.165, 1.54) is 15.9 Å². The molecule has 0 aliphatic carbocycles. The quantitative estimate of drug-likeness (QED) is 0.715. The van der Waals surface area contributed by atoms with E-state index in [0.717, 1.165) is 29.1 Å². The molecule has 130 valence electrons. The summed E-state index contributed by atoms with van der Waals surface area (Å²) in [7, 11) is 0. The SMILES string of the molecule is Fc1ccccc1C1=c2cc(Cl)ccc2=C(Sc2ccccc2)CCN1. The molecule has 0 fully saturated rings. The van der Waals surface area contributed by atoms with E-state index in [9.17, 15) is 4.39 Å². The Morgan fingerprint density at radius 3 is 2.46 bits per heavy atom. The molecule has 1 heterocycles. The number of halogens is 2. The second kappa shape index (κ2) is 7.56. The van der Waals surface area contributed by atoms with Gasteiger partial charge in [0.15, 0.2) is 0 Å². The van der Waals surface area contributed by atoms with E-state index in [2.05, 4.69) is 17.4 Å². The predicted octanol–water partition coefficient (Wildman–Crippen LogP) is 4.53. The van der Waals surface area contributed by atoms with Crippen LogP contribution in [-0.2, 0) is 0 Å². The van der Waals surface area contributed by atoms with Gasteiger partial charge in [-0.2, -0.15) is 0 Å². The molecule has 0 saturated carbocycles. The summed E-state index contributed by atoms with van der Waals surface area (Å²) in [6, 6.07) is 23.0. The van der Waals surface area contributed by atoms with E-state index in [4.69, 9.17) is 11.6 Å². The summed E-state index contributed by atoms with van der Waals surface area (Å²) in [4.78, 5) is 2.44. The van der Waals surface area contributed by atoms with E-state index in [0.29, 0.717) is 10.6 Å². The van der Waals surface area contributed by atoms with Crippen LogP contribution in [0.25, 0.3) is 10.6 Å². The van der Waals surface area contributed by atoms with Crippen molar-refractivity contribution in [3.8, 4) is 0 Å². The standard InChI is InChI=1S/C22H17ClFNS/c23-15-10-11-17-19(14-15)22(18-8-4-5-9-20(18)24)25-13-12-21(17)26-16-6-2-1-3-7-16/h1-11,14,25H,12-13H2. The lowest BCUT2D eigenvalue weighted by Gasteiger charge is -2.10. The Morgan fingerprint density at radius 1 is 0.885 bits per heavy atom. The summed E-state index contributed by atoms with van der Waals surface area (Å²) in [5.41, 5.74) is 1.37. The van der Waals surface area contributed by atoms with Crippen LogP contribution in [0.5, 0.6) is 0 Å². The van der Waals surface area contributed by atoms with Crippen LogP contribution in [0.3, 0.4) is 0 Å². The fourth-order valence-electron chi connectivity index (χ4n) is 3.14. The Bertz CT molecular complexity index is 1060. The molecule has 0 radical (unpaired) electrons. The van der Waals surface area contributed by atoms with Crippen molar-refractivity contribution in [2.45, 2.75) is 11.3 Å². The molecule has 4 rings (SSSR count). The van der Waals surface area contributed by atoms with Gasteiger partial charge in [-0.1, -0.05) is 59.8 Å². The van der Waals surface area contributed by atoms with Crippen LogP contribution in [0.1, 0.15) is 12.0 Å². The Balaban J connectivity index is 1.99. The van der Waals surface area contributed by atoms with E-state index in [1.807, 2.05) is 42.5 Å². The Labute approximate surface area is 161 Å². The van der Waals surface area contributed by atoms with E-state index < -0.39 is 0 Å². The molecular weight excluding hydrogens is 365 g/mol. The van der Waals surface area contributed by atoms with Gasteiger partial charge >= 0.3 is 0 Å². The minimum atomic E-state index is -0.236. The normalized spacial score (nSPS) is 13.8. The number of nitrogens with one attached hydrogen (secondary N) is 1. The maximum Gasteiger partial charge on any atom is 0.132 e. The fraction of sp³-hybridized carbons (Fsp3) is 0.0909. The summed E-state index contributed by atoms with van der Waals surface area (Å²) in [6.07, 6.45) is 0.867. The minimum Gasteiger partial charge on any atom is -0.384 e. The van der Waals surface area contributed by atoms with E-state index in [-0.39, 0.29) is 5.82 Å². The molecule has 1 aliphatic rings. The molecule has 4 heteroatoms. The first-order valence-corrected chi connectivity index (χ1v) is 9.66. The highest BCUT2D eigenvalue weighted by molar-refractivity contribution is 8.08. The predicted molar refractivity (Wildman–Crippen MR) is 108 cm³/mol. The Hall–Kier alpha value is -2.23. The number of fused-ring (bicyclic) bond motifs is 1. The summed E-state index contributed by atoms with van der Waals surface area (Å²) < 4.78 is 14.4. The average Bonchev–Trinajstić information content (AvgIpc) is 2.82. The van der Waals surface area contributed by atoms with Crippen LogP contribution in [0.2, 0.25) is 5.02 Å². The van der Waals surface area contributed by atoms with Crippen molar-refractivity contribution in [1.82, 2.24) is 5.32 Å². The summed E-state index contributed by atoms with van der Waals surface area (Å²) in [5, 5.41) is 6.11. The van der Waals surface area contributed by atoms with Gasteiger partial charge in [0, 0.05) is 27.2 Å². The molecule has 1 nitrogen and oxygen atoms in total. The number of thioether (sulfide) groups is 1. The van der Waals surface area contributed by atoms with E-state index in [1.54, 1.807) is 23.9 Å². The molecule has 0 spiro atoms. The van der Waals surface area contributed by atoms with Crippen molar-refractivity contribution < 1.29 is 4.39 Å². The van der Waals surface area contributed by atoms with Gasteiger partial charge in [0.25, 0.3) is 0 Å². The lowest BCUT2D eigenvalue weighted by Crippen LogP contribution is -2.31. The second-order valence-electron chi connectivity index (χ2n) is 6.06. The van der Waals surface area contributed by atoms with Gasteiger partial charge in [0.2, 0.25) is 0 Å². The highest BCUT2D eigenvalue weighted by Crippen LogP contribution is 2.29. The molecular formula is C22H17ClFNS. The lowest BCUT2D eigenvalue weighted by molar-refractivity contribution is 0.621. The van der Waals surface area contributed by atoms with Gasteiger partial charge in [0.1, 0.15) is 5.82 Å². The van der Waals surface area contributed by atoms with Crippen molar-refractivity contribution in [3.63, 3.8) is 0 Å². The van der Waals surface area contributed by atoms with Crippen LogP contribution in [0, 0.1) is 5.82 Å². The average molecular weight is 382 g/mol. The molecule has 0 unspecified atom stereocenters. The number of hydrogen-bond donors (Lipinski definition) is 1. The van der Waals surface area contributed by atoms with Crippen LogP contribution >= 0.6 is 23.4 Å². The second-order valence-corrected chi connectivity index (χ2v) is 7.66. The highest BCUT2D eigenvalue weighted by Gasteiger charge is 2.14. The first-order chi connectivity index (χ1) is 12.7. The Morgan fingerprint density at radius 2 is 1.65 bits per heavy atom. The third-order valence-electron chi connectivity index (χ3n) is 4.33. The van der Waals surface area contributed by atoms with Crippen molar-refractivity contribution in [2.75, 3.05) is 6.54 Å². The molecule has 1 aliphatic heterocycles. The zero-order valence-corrected chi connectivity index (χ0v) is 15.6. The van der Waals surface area contributed by atoms with Crippen LogP contribution < -0.4 is 15.8 Å². The fourth-order valence-corrected chi connectivity index (χ4v) is 4.38. The molecule has 0 saturated heterocycles. The van der Waals surface area contributed by atoms with E-state index >= 15 is 0 Å². The van der Waals surface area contributed by atoms with Crippen molar-refractivity contribution >= 4 is 34.0 Å². The van der Waals surface area contributed by atoms with Crippen LogP contribution in [0.4, 0.5) is 4.39 Å². The molecule has 1 N–H and O–H groups in total. The monoisotopic (exact) mass is 381 g/mol. The van der Waals surface area contributed by atoms with Gasteiger partial charge in [-0.05, 0) is 52.9 Å². The first-order valence-electron chi connectivity index (χ1n) is 8.47.